The minimum absolute atomic E-state index is 0.131. The minimum Gasteiger partial charge on any atom is -0.368 e. The first kappa shape index (κ1) is 15.9. The lowest BCUT2D eigenvalue weighted by Crippen LogP contribution is -2.42. The van der Waals surface area contributed by atoms with Crippen molar-refractivity contribution in [3.63, 3.8) is 0 Å². The van der Waals surface area contributed by atoms with E-state index in [2.05, 4.69) is 9.97 Å². The molecular formula is C17H18ClN3O2. The SMILES string of the molecule is CCC(=O)N1CCOC(c2nccnc2-c2cccc(Cl)c2)C1. The molecule has 1 amide bonds. The van der Waals surface area contributed by atoms with Crippen LogP contribution in [0.1, 0.15) is 25.1 Å². The number of carbonyl (C=O) groups is 1. The number of morpholine rings is 1. The Labute approximate surface area is 140 Å². The quantitative estimate of drug-likeness (QED) is 0.867. The van der Waals surface area contributed by atoms with Crippen molar-refractivity contribution in [1.29, 1.82) is 0 Å². The molecule has 1 aromatic heterocycles. The maximum Gasteiger partial charge on any atom is 0.222 e. The fourth-order valence-corrected chi connectivity index (χ4v) is 2.90. The van der Waals surface area contributed by atoms with Gasteiger partial charge in [-0.1, -0.05) is 30.7 Å². The first-order chi connectivity index (χ1) is 11.2. The van der Waals surface area contributed by atoms with E-state index in [1.54, 1.807) is 12.4 Å². The van der Waals surface area contributed by atoms with E-state index in [1.165, 1.54) is 0 Å². The van der Waals surface area contributed by atoms with Crippen LogP contribution in [0.5, 0.6) is 0 Å². The van der Waals surface area contributed by atoms with Crippen LogP contribution in [0.4, 0.5) is 0 Å². The maximum absolute atomic E-state index is 12.0. The molecule has 5 nitrogen and oxygen atoms in total. The van der Waals surface area contributed by atoms with E-state index in [1.807, 2.05) is 36.1 Å². The van der Waals surface area contributed by atoms with Gasteiger partial charge in [0.1, 0.15) is 6.10 Å². The number of rotatable bonds is 3. The number of nitrogens with zero attached hydrogens (tertiary/aromatic N) is 3. The molecule has 2 aromatic rings. The molecule has 1 aliphatic rings. The molecule has 1 atom stereocenters. The zero-order chi connectivity index (χ0) is 16.2. The van der Waals surface area contributed by atoms with Crippen molar-refractivity contribution in [2.75, 3.05) is 19.7 Å². The molecule has 1 unspecified atom stereocenters. The highest BCUT2D eigenvalue weighted by molar-refractivity contribution is 6.30. The largest absolute Gasteiger partial charge is 0.368 e. The molecule has 0 saturated carbocycles. The van der Waals surface area contributed by atoms with Crippen molar-refractivity contribution in [3.05, 3.63) is 47.4 Å². The lowest BCUT2D eigenvalue weighted by molar-refractivity contribution is -0.138. The highest BCUT2D eigenvalue weighted by atomic mass is 35.5. The molecule has 1 aromatic carbocycles. The summed E-state index contributed by atoms with van der Waals surface area (Å²) in [6, 6.07) is 7.49. The summed E-state index contributed by atoms with van der Waals surface area (Å²) in [6.45, 7) is 3.49. The van der Waals surface area contributed by atoms with E-state index in [0.717, 1.165) is 17.0 Å². The van der Waals surface area contributed by atoms with Crippen molar-refractivity contribution in [2.24, 2.45) is 0 Å². The molecule has 1 saturated heterocycles. The number of halogens is 1. The van der Waals surface area contributed by atoms with E-state index < -0.39 is 0 Å². The molecule has 2 heterocycles. The molecule has 0 bridgehead atoms. The minimum atomic E-state index is -0.276. The Morgan fingerprint density at radius 2 is 2.22 bits per heavy atom. The van der Waals surface area contributed by atoms with Crippen molar-refractivity contribution in [2.45, 2.75) is 19.4 Å². The average molecular weight is 332 g/mol. The molecule has 6 heteroatoms. The summed E-state index contributed by atoms with van der Waals surface area (Å²) in [7, 11) is 0. The van der Waals surface area contributed by atoms with Gasteiger partial charge in [-0.2, -0.15) is 0 Å². The Balaban J connectivity index is 1.93. The molecule has 0 radical (unpaired) electrons. The van der Waals surface area contributed by atoms with E-state index in [9.17, 15) is 4.79 Å². The summed E-state index contributed by atoms with van der Waals surface area (Å²) in [5.41, 5.74) is 2.37. The number of aromatic nitrogens is 2. The van der Waals surface area contributed by atoms with E-state index in [-0.39, 0.29) is 12.0 Å². The number of ether oxygens (including phenoxy) is 1. The smallest absolute Gasteiger partial charge is 0.222 e. The number of hydrogen-bond acceptors (Lipinski definition) is 4. The van der Waals surface area contributed by atoms with Crippen LogP contribution in [0.15, 0.2) is 36.7 Å². The second-order valence-corrected chi connectivity index (χ2v) is 5.79. The Hall–Kier alpha value is -1.98. The Kier molecular flexibility index (Phi) is 4.88. The van der Waals surface area contributed by atoms with Crippen LogP contribution < -0.4 is 0 Å². The summed E-state index contributed by atoms with van der Waals surface area (Å²) in [5.74, 6) is 0.131. The average Bonchev–Trinajstić information content (AvgIpc) is 2.61. The second-order valence-electron chi connectivity index (χ2n) is 5.35. The van der Waals surface area contributed by atoms with Gasteiger partial charge in [-0.3, -0.25) is 14.8 Å². The van der Waals surface area contributed by atoms with Gasteiger partial charge in [0.05, 0.1) is 24.5 Å². The summed E-state index contributed by atoms with van der Waals surface area (Å²) in [6.07, 6.45) is 3.51. The van der Waals surface area contributed by atoms with Crippen LogP contribution in [-0.2, 0) is 9.53 Å². The third-order valence-electron chi connectivity index (χ3n) is 3.85. The van der Waals surface area contributed by atoms with Gasteiger partial charge in [-0.05, 0) is 12.1 Å². The molecule has 0 spiro atoms. The normalized spacial score (nSPS) is 18.0. The molecule has 0 aliphatic carbocycles. The maximum atomic E-state index is 12.0. The number of carbonyl (C=O) groups excluding carboxylic acids is 1. The van der Waals surface area contributed by atoms with Gasteiger partial charge in [-0.15, -0.1) is 0 Å². The van der Waals surface area contributed by atoms with Gasteiger partial charge in [0.25, 0.3) is 0 Å². The van der Waals surface area contributed by atoms with Gasteiger partial charge in [0.2, 0.25) is 5.91 Å². The zero-order valence-electron chi connectivity index (χ0n) is 12.9. The fraction of sp³-hybridized carbons (Fsp3) is 0.353. The monoisotopic (exact) mass is 331 g/mol. The van der Waals surface area contributed by atoms with Crippen molar-refractivity contribution in [3.8, 4) is 11.3 Å². The van der Waals surface area contributed by atoms with Crippen molar-refractivity contribution in [1.82, 2.24) is 14.9 Å². The Morgan fingerprint density at radius 3 is 3.00 bits per heavy atom. The number of amides is 1. The zero-order valence-corrected chi connectivity index (χ0v) is 13.7. The van der Waals surface area contributed by atoms with E-state index in [0.29, 0.717) is 31.1 Å². The Bertz CT molecular complexity index is 708. The van der Waals surface area contributed by atoms with Crippen LogP contribution >= 0.6 is 11.6 Å². The highest BCUT2D eigenvalue weighted by Gasteiger charge is 2.28. The molecule has 1 aliphatic heterocycles. The van der Waals surface area contributed by atoms with Crippen molar-refractivity contribution < 1.29 is 9.53 Å². The summed E-state index contributed by atoms with van der Waals surface area (Å²) >= 11 is 6.08. The first-order valence-corrected chi connectivity index (χ1v) is 8.03. The van der Waals surface area contributed by atoms with Gasteiger partial charge in [0, 0.05) is 35.9 Å². The lowest BCUT2D eigenvalue weighted by atomic mass is 10.1. The lowest BCUT2D eigenvalue weighted by Gasteiger charge is -2.33. The molecule has 3 rings (SSSR count). The van der Waals surface area contributed by atoms with Crippen LogP contribution in [0.2, 0.25) is 5.02 Å². The van der Waals surface area contributed by atoms with Crippen LogP contribution in [0.3, 0.4) is 0 Å². The fourth-order valence-electron chi connectivity index (χ4n) is 2.71. The van der Waals surface area contributed by atoms with Gasteiger partial charge >= 0.3 is 0 Å². The van der Waals surface area contributed by atoms with Gasteiger partial charge < -0.3 is 9.64 Å². The third-order valence-corrected chi connectivity index (χ3v) is 4.09. The molecule has 1 fully saturated rings. The van der Waals surface area contributed by atoms with Crippen LogP contribution in [0.25, 0.3) is 11.3 Å². The number of benzene rings is 1. The molecule has 0 N–H and O–H groups in total. The topological polar surface area (TPSA) is 55.3 Å². The predicted octanol–water partition coefficient (Wildman–Crippen LogP) is 3.11. The van der Waals surface area contributed by atoms with Gasteiger partial charge in [-0.25, -0.2) is 0 Å². The van der Waals surface area contributed by atoms with Crippen molar-refractivity contribution >= 4 is 17.5 Å². The van der Waals surface area contributed by atoms with E-state index >= 15 is 0 Å². The second kappa shape index (κ2) is 7.06. The number of hydrogen-bond donors (Lipinski definition) is 0. The highest BCUT2D eigenvalue weighted by Crippen LogP contribution is 2.30. The summed E-state index contributed by atoms with van der Waals surface area (Å²) < 4.78 is 5.85. The Morgan fingerprint density at radius 1 is 1.39 bits per heavy atom. The molecular weight excluding hydrogens is 314 g/mol. The standard InChI is InChI=1S/C17H18ClN3O2/c1-2-15(22)21-8-9-23-14(11-21)17-16(19-6-7-20-17)12-4-3-5-13(18)10-12/h3-7,10,14H,2,8-9,11H2,1H3. The van der Waals surface area contributed by atoms with Crippen LogP contribution in [0, 0.1) is 0 Å². The molecule has 120 valence electrons. The first-order valence-electron chi connectivity index (χ1n) is 7.65. The van der Waals surface area contributed by atoms with Gasteiger partial charge in [0.15, 0.2) is 0 Å². The molecule has 23 heavy (non-hydrogen) atoms. The third kappa shape index (κ3) is 3.51. The van der Waals surface area contributed by atoms with E-state index in [4.69, 9.17) is 16.3 Å². The summed E-state index contributed by atoms with van der Waals surface area (Å²) in [4.78, 5) is 22.7. The van der Waals surface area contributed by atoms with Crippen LogP contribution in [-0.4, -0.2) is 40.5 Å². The summed E-state index contributed by atoms with van der Waals surface area (Å²) in [5, 5.41) is 0.645. The predicted molar refractivity (Wildman–Crippen MR) is 88.0 cm³/mol.